The number of nitrogens with zero attached hydrogens (tertiary/aromatic N) is 2. The van der Waals surface area contributed by atoms with Gasteiger partial charge in [0.15, 0.2) is 0 Å². The molecule has 3 aromatic rings. The van der Waals surface area contributed by atoms with E-state index in [0.717, 1.165) is 29.3 Å². The maximum Gasteiger partial charge on any atom is 0.0683 e. The van der Waals surface area contributed by atoms with Crippen molar-refractivity contribution in [3.05, 3.63) is 59.8 Å². The average molecular weight is 272 g/mol. The van der Waals surface area contributed by atoms with Gasteiger partial charge >= 0.3 is 0 Å². The molecule has 0 aliphatic heterocycles. The van der Waals surface area contributed by atoms with E-state index in [2.05, 4.69) is 22.5 Å². The minimum atomic E-state index is 0.745. The summed E-state index contributed by atoms with van der Waals surface area (Å²) in [4.78, 5) is 0. The van der Waals surface area contributed by atoms with Crippen molar-refractivity contribution in [3.63, 3.8) is 0 Å². The monoisotopic (exact) mass is 271 g/mol. The van der Waals surface area contributed by atoms with E-state index in [-0.39, 0.29) is 0 Å². The van der Waals surface area contributed by atoms with Crippen molar-refractivity contribution >= 4 is 28.2 Å². The first-order chi connectivity index (χ1) is 9.33. The summed E-state index contributed by atoms with van der Waals surface area (Å²) in [7, 11) is 0. The van der Waals surface area contributed by atoms with Gasteiger partial charge in [-0.15, -0.1) is 0 Å². The summed E-state index contributed by atoms with van der Waals surface area (Å²) in [6.45, 7) is 1.63. The number of hydrogen-bond donors (Lipinski definition) is 1. The Morgan fingerprint density at radius 1 is 1.11 bits per heavy atom. The highest BCUT2D eigenvalue weighted by Gasteiger charge is 2.00. The highest BCUT2D eigenvalue weighted by molar-refractivity contribution is 6.30. The number of benzene rings is 2. The second-order valence-corrected chi connectivity index (χ2v) is 4.80. The van der Waals surface area contributed by atoms with Crippen LogP contribution in [0.5, 0.6) is 0 Å². The van der Waals surface area contributed by atoms with E-state index in [4.69, 9.17) is 11.6 Å². The molecule has 0 aliphatic rings. The SMILES string of the molecule is Clc1cccc(NCCn2ncc3ccccc32)c1. The summed E-state index contributed by atoms with van der Waals surface area (Å²) in [5.41, 5.74) is 2.19. The quantitative estimate of drug-likeness (QED) is 0.782. The van der Waals surface area contributed by atoms with Crippen molar-refractivity contribution in [3.8, 4) is 0 Å². The van der Waals surface area contributed by atoms with Gasteiger partial charge in [0.2, 0.25) is 0 Å². The highest BCUT2D eigenvalue weighted by Crippen LogP contribution is 2.15. The zero-order valence-corrected chi connectivity index (χ0v) is 11.1. The molecule has 1 heterocycles. The van der Waals surface area contributed by atoms with Gasteiger partial charge in [-0.25, -0.2) is 0 Å². The Morgan fingerprint density at radius 2 is 2.00 bits per heavy atom. The van der Waals surface area contributed by atoms with Crippen LogP contribution >= 0.6 is 11.6 Å². The van der Waals surface area contributed by atoms with Crippen LogP contribution in [-0.4, -0.2) is 16.3 Å². The van der Waals surface area contributed by atoms with Crippen LogP contribution in [0, 0.1) is 0 Å². The lowest BCUT2D eigenvalue weighted by molar-refractivity contribution is 0.660. The molecule has 0 saturated carbocycles. The van der Waals surface area contributed by atoms with Gasteiger partial charge in [-0.3, -0.25) is 4.68 Å². The molecule has 0 amide bonds. The normalized spacial score (nSPS) is 10.8. The number of halogens is 1. The highest BCUT2D eigenvalue weighted by atomic mass is 35.5. The zero-order valence-electron chi connectivity index (χ0n) is 10.4. The second-order valence-electron chi connectivity index (χ2n) is 4.36. The van der Waals surface area contributed by atoms with Gasteiger partial charge in [0.25, 0.3) is 0 Å². The molecule has 3 rings (SSSR count). The molecule has 0 bridgehead atoms. The van der Waals surface area contributed by atoms with Crippen molar-refractivity contribution in [1.29, 1.82) is 0 Å². The number of fused-ring (bicyclic) bond motifs is 1. The lowest BCUT2D eigenvalue weighted by Crippen LogP contribution is -2.11. The van der Waals surface area contributed by atoms with Gasteiger partial charge in [0, 0.05) is 22.6 Å². The van der Waals surface area contributed by atoms with Gasteiger partial charge in [0.05, 0.1) is 18.3 Å². The van der Waals surface area contributed by atoms with Crippen LogP contribution in [0.2, 0.25) is 5.02 Å². The Hall–Kier alpha value is -2.00. The van der Waals surface area contributed by atoms with Crippen molar-refractivity contribution in [1.82, 2.24) is 9.78 Å². The Morgan fingerprint density at radius 3 is 2.89 bits per heavy atom. The Bertz CT molecular complexity index is 690. The van der Waals surface area contributed by atoms with Crippen molar-refractivity contribution in [2.45, 2.75) is 6.54 Å². The third-order valence-electron chi connectivity index (χ3n) is 3.03. The third kappa shape index (κ3) is 2.71. The van der Waals surface area contributed by atoms with E-state index >= 15 is 0 Å². The Labute approximate surface area is 116 Å². The summed E-state index contributed by atoms with van der Waals surface area (Å²) in [5.74, 6) is 0. The van der Waals surface area contributed by atoms with Gasteiger partial charge in [-0.2, -0.15) is 5.10 Å². The minimum absolute atomic E-state index is 0.745. The van der Waals surface area contributed by atoms with Crippen LogP contribution in [0.3, 0.4) is 0 Å². The molecule has 0 atom stereocenters. The predicted molar refractivity (Wildman–Crippen MR) is 79.7 cm³/mol. The van der Waals surface area contributed by atoms with Crippen LogP contribution in [0.15, 0.2) is 54.7 Å². The molecule has 1 N–H and O–H groups in total. The summed E-state index contributed by atoms with van der Waals surface area (Å²) in [6, 6.07) is 16.0. The molecule has 0 radical (unpaired) electrons. The summed E-state index contributed by atoms with van der Waals surface area (Å²) in [6.07, 6.45) is 1.90. The molecule has 3 nitrogen and oxygen atoms in total. The number of nitrogens with one attached hydrogen (secondary N) is 1. The van der Waals surface area contributed by atoms with Crippen LogP contribution in [-0.2, 0) is 6.54 Å². The first-order valence-corrected chi connectivity index (χ1v) is 6.61. The molecule has 0 aliphatic carbocycles. The van der Waals surface area contributed by atoms with Crippen LogP contribution in [0.25, 0.3) is 10.9 Å². The van der Waals surface area contributed by atoms with E-state index in [1.165, 1.54) is 5.39 Å². The fourth-order valence-corrected chi connectivity index (χ4v) is 2.30. The largest absolute Gasteiger partial charge is 0.383 e. The van der Waals surface area contributed by atoms with E-state index in [1.807, 2.05) is 47.3 Å². The molecule has 0 saturated heterocycles. The first kappa shape index (κ1) is 12.1. The molecule has 96 valence electrons. The molecule has 19 heavy (non-hydrogen) atoms. The van der Waals surface area contributed by atoms with Crippen molar-refractivity contribution < 1.29 is 0 Å². The first-order valence-electron chi connectivity index (χ1n) is 6.23. The fourth-order valence-electron chi connectivity index (χ4n) is 2.11. The fraction of sp³-hybridized carbons (Fsp3) is 0.133. The smallest absolute Gasteiger partial charge is 0.0683 e. The van der Waals surface area contributed by atoms with Crippen molar-refractivity contribution in [2.24, 2.45) is 0 Å². The summed E-state index contributed by atoms with van der Waals surface area (Å²) in [5, 5.41) is 9.65. The number of para-hydroxylation sites is 1. The van der Waals surface area contributed by atoms with Crippen LogP contribution < -0.4 is 5.32 Å². The van der Waals surface area contributed by atoms with E-state index in [9.17, 15) is 0 Å². The predicted octanol–water partition coefficient (Wildman–Crippen LogP) is 3.80. The standard InChI is InChI=1S/C15H14ClN3/c16-13-5-3-6-14(10-13)17-8-9-19-15-7-2-1-4-12(15)11-18-19/h1-7,10-11,17H,8-9H2. The maximum absolute atomic E-state index is 5.94. The lowest BCUT2D eigenvalue weighted by Gasteiger charge is -2.07. The Kier molecular flexibility index (Phi) is 3.38. The maximum atomic E-state index is 5.94. The van der Waals surface area contributed by atoms with E-state index < -0.39 is 0 Å². The van der Waals surface area contributed by atoms with Crippen LogP contribution in [0.4, 0.5) is 5.69 Å². The topological polar surface area (TPSA) is 29.9 Å². The van der Waals surface area contributed by atoms with Gasteiger partial charge in [-0.1, -0.05) is 35.9 Å². The zero-order chi connectivity index (χ0) is 13.1. The summed E-state index contributed by atoms with van der Waals surface area (Å²) < 4.78 is 2.01. The van der Waals surface area contributed by atoms with Crippen LogP contribution in [0.1, 0.15) is 0 Å². The number of anilines is 1. The molecular weight excluding hydrogens is 258 g/mol. The van der Waals surface area contributed by atoms with Gasteiger partial charge in [0.1, 0.15) is 0 Å². The third-order valence-corrected chi connectivity index (χ3v) is 3.26. The molecule has 0 spiro atoms. The molecule has 2 aromatic carbocycles. The minimum Gasteiger partial charge on any atom is -0.383 e. The Balaban J connectivity index is 1.66. The van der Waals surface area contributed by atoms with E-state index in [0.29, 0.717) is 0 Å². The number of rotatable bonds is 4. The molecule has 1 aromatic heterocycles. The lowest BCUT2D eigenvalue weighted by atomic mass is 10.2. The van der Waals surface area contributed by atoms with E-state index in [1.54, 1.807) is 0 Å². The molecule has 4 heteroatoms. The second kappa shape index (κ2) is 5.33. The average Bonchev–Trinajstić information content (AvgIpc) is 2.83. The molecular formula is C15H14ClN3. The number of hydrogen-bond acceptors (Lipinski definition) is 2. The molecule has 0 unspecified atom stereocenters. The van der Waals surface area contributed by atoms with Gasteiger partial charge < -0.3 is 5.32 Å². The summed E-state index contributed by atoms with van der Waals surface area (Å²) >= 11 is 5.94. The molecule has 0 fully saturated rings. The van der Waals surface area contributed by atoms with Crippen molar-refractivity contribution in [2.75, 3.05) is 11.9 Å². The van der Waals surface area contributed by atoms with Gasteiger partial charge in [-0.05, 0) is 24.3 Å². The number of aromatic nitrogens is 2.